The fourth-order valence-corrected chi connectivity index (χ4v) is 0.473. The smallest absolute Gasteiger partial charge is 0.330 e. The Balaban J connectivity index is 3.73. The zero-order valence-electron chi connectivity index (χ0n) is 7.07. The summed E-state index contributed by atoms with van der Waals surface area (Å²) in [5.74, 6) is -0.354. The number of rotatable bonds is 4. The van der Waals surface area contributed by atoms with Crippen molar-refractivity contribution in [1.82, 2.24) is 0 Å². The first kappa shape index (κ1) is 10.4. The molecule has 0 heterocycles. The van der Waals surface area contributed by atoms with E-state index in [1.807, 2.05) is 6.08 Å². The van der Waals surface area contributed by atoms with Crippen LogP contribution in [0.1, 0.15) is 0 Å². The molecule has 0 rings (SSSR count). The van der Waals surface area contributed by atoms with Gasteiger partial charge in [0.1, 0.15) is 0 Å². The summed E-state index contributed by atoms with van der Waals surface area (Å²) in [7, 11) is 1.34. The summed E-state index contributed by atoms with van der Waals surface area (Å²) in [6.07, 6.45) is 11.8. The van der Waals surface area contributed by atoms with Gasteiger partial charge in [0, 0.05) is 6.08 Å². The Morgan fingerprint density at radius 1 is 1.17 bits per heavy atom. The van der Waals surface area contributed by atoms with Gasteiger partial charge in [-0.3, -0.25) is 0 Å². The van der Waals surface area contributed by atoms with Crippen LogP contribution >= 0.6 is 0 Å². The van der Waals surface area contributed by atoms with Crippen molar-refractivity contribution in [3.8, 4) is 0 Å². The summed E-state index contributed by atoms with van der Waals surface area (Å²) in [5, 5.41) is 0. The second kappa shape index (κ2) is 7.54. The molecule has 0 saturated heterocycles. The lowest BCUT2D eigenvalue weighted by molar-refractivity contribution is -0.134. The first-order valence-electron chi connectivity index (χ1n) is 3.51. The molecule has 2 nitrogen and oxygen atoms in total. The van der Waals surface area contributed by atoms with Gasteiger partial charge in [0.25, 0.3) is 0 Å². The molecule has 0 aromatic rings. The summed E-state index contributed by atoms with van der Waals surface area (Å²) in [5.41, 5.74) is 0. The van der Waals surface area contributed by atoms with E-state index in [-0.39, 0.29) is 5.97 Å². The molecule has 0 aromatic carbocycles. The van der Waals surface area contributed by atoms with Crippen molar-refractivity contribution < 1.29 is 9.53 Å². The number of hydrogen-bond acceptors (Lipinski definition) is 2. The molecule has 2 heteroatoms. The molecule has 0 N–H and O–H groups in total. The summed E-state index contributed by atoms with van der Waals surface area (Å²) in [4.78, 5) is 10.5. The highest BCUT2D eigenvalue weighted by Gasteiger charge is 1.85. The maximum atomic E-state index is 10.5. The molecule has 64 valence electrons. The number of methoxy groups -OCH3 is 1. The molecule has 0 atom stereocenters. The van der Waals surface area contributed by atoms with E-state index < -0.39 is 0 Å². The molecule has 0 saturated carbocycles. The van der Waals surface area contributed by atoms with Gasteiger partial charge in [-0.15, -0.1) is 0 Å². The summed E-state index contributed by atoms with van der Waals surface area (Å²) < 4.78 is 4.38. The topological polar surface area (TPSA) is 26.3 Å². The van der Waals surface area contributed by atoms with Gasteiger partial charge >= 0.3 is 5.97 Å². The molecule has 0 radical (unpaired) electrons. The normalized spacial score (nSPS) is 11.4. The van der Waals surface area contributed by atoms with E-state index in [1.54, 1.807) is 30.4 Å². The predicted octanol–water partition coefficient (Wildman–Crippen LogP) is 2.01. The number of carbonyl (C=O) groups is 1. The second-order valence-electron chi connectivity index (χ2n) is 1.89. The van der Waals surface area contributed by atoms with Gasteiger partial charge in [-0.2, -0.15) is 0 Å². The van der Waals surface area contributed by atoms with E-state index in [2.05, 4.69) is 11.3 Å². The van der Waals surface area contributed by atoms with Crippen LogP contribution in [0.25, 0.3) is 0 Å². The van der Waals surface area contributed by atoms with Crippen molar-refractivity contribution in [2.24, 2.45) is 0 Å². The van der Waals surface area contributed by atoms with Crippen molar-refractivity contribution in [1.29, 1.82) is 0 Å². The number of carbonyl (C=O) groups excluding carboxylic acids is 1. The molecule has 0 spiro atoms. The van der Waals surface area contributed by atoms with E-state index in [9.17, 15) is 4.79 Å². The Labute approximate surface area is 72.5 Å². The van der Waals surface area contributed by atoms with Crippen molar-refractivity contribution in [2.45, 2.75) is 0 Å². The third-order valence-electron chi connectivity index (χ3n) is 1.01. The van der Waals surface area contributed by atoms with Crippen molar-refractivity contribution in [3.05, 3.63) is 49.1 Å². The van der Waals surface area contributed by atoms with Crippen LogP contribution in [-0.4, -0.2) is 13.1 Å². The monoisotopic (exact) mass is 164 g/mol. The minimum absolute atomic E-state index is 0.354. The Morgan fingerprint density at radius 3 is 2.33 bits per heavy atom. The highest BCUT2D eigenvalue weighted by molar-refractivity contribution is 5.82. The number of esters is 1. The third kappa shape index (κ3) is 6.55. The van der Waals surface area contributed by atoms with E-state index in [0.29, 0.717) is 0 Å². The van der Waals surface area contributed by atoms with Gasteiger partial charge in [0.2, 0.25) is 0 Å². The maximum absolute atomic E-state index is 10.5. The summed E-state index contributed by atoms with van der Waals surface area (Å²) in [6.45, 7) is 3.51. The maximum Gasteiger partial charge on any atom is 0.330 e. The quantitative estimate of drug-likeness (QED) is 0.361. The molecule has 0 fully saturated rings. The van der Waals surface area contributed by atoms with E-state index >= 15 is 0 Å². The molecule has 0 aliphatic heterocycles. The molecular weight excluding hydrogens is 152 g/mol. The van der Waals surface area contributed by atoms with E-state index in [4.69, 9.17) is 0 Å². The first-order chi connectivity index (χ1) is 5.81. The Morgan fingerprint density at radius 2 is 1.75 bits per heavy atom. The Bertz CT molecular complexity index is 222. The van der Waals surface area contributed by atoms with Crippen LogP contribution in [0, 0.1) is 0 Å². The highest BCUT2D eigenvalue weighted by Crippen LogP contribution is 1.82. The van der Waals surface area contributed by atoms with Crippen molar-refractivity contribution in [2.75, 3.05) is 7.11 Å². The lowest BCUT2D eigenvalue weighted by Gasteiger charge is -1.85. The zero-order valence-corrected chi connectivity index (χ0v) is 7.07. The van der Waals surface area contributed by atoms with Crippen LogP contribution in [0.4, 0.5) is 0 Å². The van der Waals surface area contributed by atoms with Crippen LogP contribution in [0.15, 0.2) is 49.1 Å². The number of allylic oxidation sites excluding steroid dienone is 6. The lowest BCUT2D eigenvalue weighted by atomic mass is 10.4. The second-order valence-corrected chi connectivity index (χ2v) is 1.89. The number of ether oxygens (including phenoxy) is 1. The fourth-order valence-electron chi connectivity index (χ4n) is 0.473. The largest absolute Gasteiger partial charge is 0.466 e. The minimum Gasteiger partial charge on any atom is -0.466 e. The summed E-state index contributed by atoms with van der Waals surface area (Å²) >= 11 is 0. The van der Waals surface area contributed by atoms with E-state index in [0.717, 1.165) is 0 Å². The van der Waals surface area contributed by atoms with Gasteiger partial charge in [0.05, 0.1) is 7.11 Å². The van der Waals surface area contributed by atoms with Gasteiger partial charge in [0.15, 0.2) is 0 Å². The van der Waals surface area contributed by atoms with Crippen LogP contribution in [0.5, 0.6) is 0 Å². The van der Waals surface area contributed by atoms with Gasteiger partial charge in [-0.25, -0.2) is 4.79 Å². The van der Waals surface area contributed by atoms with Crippen LogP contribution in [-0.2, 0) is 9.53 Å². The molecular formula is C10H12O2. The van der Waals surface area contributed by atoms with Crippen molar-refractivity contribution in [3.63, 3.8) is 0 Å². The Kier molecular flexibility index (Phi) is 6.55. The minimum atomic E-state index is -0.354. The van der Waals surface area contributed by atoms with Crippen LogP contribution < -0.4 is 0 Å². The average Bonchev–Trinajstić information content (AvgIpc) is 2.10. The van der Waals surface area contributed by atoms with Gasteiger partial charge < -0.3 is 4.74 Å². The predicted molar refractivity (Wildman–Crippen MR) is 49.6 cm³/mol. The van der Waals surface area contributed by atoms with Crippen LogP contribution in [0.3, 0.4) is 0 Å². The van der Waals surface area contributed by atoms with Crippen LogP contribution in [0.2, 0.25) is 0 Å². The molecule has 0 aliphatic rings. The van der Waals surface area contributed by atoms with Gasteiger partial charge in [-0.1, -0.05) is 43.0 Å². The average molecular weight is 164 g/mol. The summed E-state index contributed by atoms with van der Waals surface area (Å²) in [6, 6.07) is 0. The molecule has 0 bridgehead atoms. The Hall–Kier alpha value is -1.57. The molecule has 12 heavy (non-hydrogen) atoms. The molecule has 0 aliphatic carbocycles. The zero-order chi connectivity index (χ0) is 9.23. The number of hydrogen-bond donors (Lipinski definition) is 0. The standard InChI is InChI=1S/C10H12O2/c1-3-4-5-6-7-8-9-10(11)12-2/h3-9H,1H2,2H3/b5-4?,7-6?,9-8+. The first-order valence-corrected chi connectivity index (χ1v) is 3.51. The third-order valence-corrected chi connectivity index (χ3v) is 1.01. The van der Waals surface area contributed by atoms with E-state index in [1.165, 1.54) is 13.2 Å². The van der Waals surface area contributed by atoms with Gasteiger partial charge in [-0.05, 0) is 0 Å². The SMILES string of the molecule is C=CC=CC=C/C=C/C(=O)OC. The molecule has 0 amide bonds. The lowest BCUT2D eigenvalue weighted by Crippen LogP contribution is -1.92. The fraction of sp³-hybridized carbons (Fsp3) is 0.100. The van der Waals surface area contributed by atoms with Crippen molar-refractivity contribution >= 4 is 5.97 Å². The molecule has 0 aromatic heterocycles. The molecule has 0 unspecified atom stereocenters. The highest BCUT2D eigenvalue weighted by atomic mass is 16.5.